The molecule has 0 aromatic heterocycles. The van der Waals surface area contributed by atoms with Crippen molar-refractivity contribution >= 4 is 5.78 Å². The van der Waals surface area contributed by atoms with Crippen LogP contribution in [0.5, 0.6) is 0 Å². The fourth-order valence-corrected chi connectivity index (χ4v) is 1.21. The third-order valence-electron chi connectivity index (χ3n) is 1.92. The third-order valence-corrected chi connectivity index (χ3v) is 1.92. The van der Waals surface area contributed by atoms with Crippen LogP contribution in [0.25, 0.3) is 0 Å². The normalized spacial score (nSPS) is 24.5. The smallest absolute Gasteiger partial charge is 0.150 e. The number of Topliss-reactive ketones (excluding diaryl/α,β-unsaturated/α-hetero) is 1. The van der Waals surface area contributed by atoms with Crippen LogP contribution in [0, 0.1) is 5.41 Å². The van der Waals surface area contributed by atoms with E-state index in [9.17, 15) is 4.79 Å². The van der Waals surface area contributed by atoms with Gasteiger partial charge in [0.15, 0.2) is 0 Å². The molecule has 1 saturated heterocycles. The van der Waals surface area contributed by atoms with Crippen molar-refractivity contribution in [2.45, 2.75) is 39.7 Å². The zero-order chi connectivity index (χ0) is 8.48. The second kappa shape index (κ2) is 2.94. The van der Waals surface area contributed by atoms with Crippen molar-refractivity contribution < 1.29 is 4.79 Å². The summed E-state index contributed by atoms with van der Waals surface area (Å²) in [6.07, 6.45) is 1.74. The van der Waals surface area contributed by atoms with Crippen LogP contribution in [0.2, 0.25) is 0 Å². The van der Waals surface area contributed by atoms with E-state index in [1.165, 1.54) is 0 Å². The molecule has 0 aliphatic carbocycles. The molecule has 11 heavy (non-hydrogen) atoms. The van der Waals surface area contributed by atoms with E-state index >= 15 is 0 Å². The molecule has 0 aromatic carbocycles. The fraction of sp³-hybridized carbons (Fsp3) is 0.889. The standard InChI is InChI=1S/C9H17NO/c1-9(2,3)6-8(11)7-4-5-10-7/h7,10H,4-6H2,1-3H3. The molecule has 1 rings (SSSR count). The minimum absolute atomic E-state index is 0.147. The molecule has 0 saturated carbocycles. The molecule has 1 aliphatic rings. The number of hydrogen-bond acceptors (Lipinski definition) is 2. The first-order valence-electron chi connectivity index (χ1n) is 4.25. The Morgan fingerprint density at radius 1 is 1.55 bits per heavy atom. The van der Waals surface area contributed by atoms with Gasteiger partial charge in [-0.2, -0.15) is 0 Å². The van der Waals surface area contributed by atoms with E-state index in [1.807, 2.05) is 0 Å². The Morgan fingerprint density at radius 3 is 2.36 bits per heavy atom. The van der Waals surface area contributed by atoms with Crippen molar-refractivity contribution in [2.24, 2.45) is 5.41 Å². The second-order valence-electron chi connectivity index (χ2n) is 4.50. The van der Waals surface area contributed by atoms with Gasteiger partial charge >= 0.3 is 0 Å². The van der Waals surface area contributed by atoms with Gasteiger partial charge in [0.25, 0.3) is 0 Å². The van der Waals surface area contributed by atoms with E-state index in [1.54, 1.807) is 0 Å². The molecule has 0 spiro atoms. The average molecular weight is 155 g/mol. The quantitative estimate of drug-likeness (QED) is 0.652. The summed E-state index contributed by atoms with van der Waals surface area (Å²) < 4.78 is 0. The summed E-state index contributed by atoms with van der Waals surface area (Å²) >= 11 is 0. The lowest BCUT2D eigenvalue weighted by atomic mass is 9.86. The number of rotatable bonds is 2. The summed E-state index contributed by atoms with van der Waals surface area (Å²) in [5, 5.41) is 3.12. The van der Waals surface area contributed by atoms with Crippen molar-refractivity contribution in [1.29, 1.82) is 0 Å². The Bertz CT molecular complexity index is 153. The van der Waals surface area contributed by atoms with Gasteiger partial charge in [0, 0.05) is 6.42 Å². The maximum absolute atomic E-state index is 11.4. The summed E-state index contributed by atoms with van der Waals surface area (Å²) in [4.78, 5) is 11.4. The van der Waals surface area contributed by atoms with Crippen molar-refractivity contribution in [1.82, 2.24) is 5.32 Å². The van der Waals surface area contributed by atoms with Crippen molar-refractivity contribution in [3.8, 4) is 0 Å². The van der Waals surface area contributed by atoms with Gasteiger partial charge in [-0.15, -0.1) is 0 Å². The Hall–Kier alpha value is -0.370. The van der Waals surface area contributed by atoms with Crippen molar-refractivity contribution in [2.75, 3.05) is 6.54 Å². The molecule has 0 amide bonds. The number of ketones is 1. The van der Waals surface area contributed by atoms with E-state index in [0.717, 1.165) is 13.0 Å². The number of nitrogens with one attached hydrogen (secondary N) is 1. The Kier molecular flexibility index (Phi) is 2.33. The lowest BCUT2D eigenvalue weighted by Crippen LogP contribution is -2.49. The molecule has 0 radical (unpaired) electrons. The maximum atomic E-state index is 11.4. The summed E-state index contributed by atoms with van der Waals surface area (Å²) in [5.74, 6) is 0.378. The van der Waals surface area contributed by atoms with Gasteiger partial charge in [0.05, 0.1) is 6.04 Å². The minimum atomic E-state index is 0.147. The van der Waals surface area contributed by atoms with Gasteiger partial charge in [-0.05, 0) is 18.4 Å². The van der Waals surface area contributed by atoms with E-state index in [0.29, 0.717) is 12.2 Å². The highest BCUT2D eigenvalue weighted by molar-refractivity contribution is 5.85. The molecule has 0 aromatic rings. The summed E-state index contributed by atoms with van der Waals surface area (Å²) in [5.41, 5.74) is 0.147. The molecule has 0 bridgehead atoms. The van der Waals surface area contributed by atoms with Crippen LogP contribution in [-0.4, -0.2) is 18.4 Å². The molecule has 2 nitrogen and oxygen atoms in total. The predicted molar refractivity (Wildman–Crippen MR) is 45.5 cm³/mol. The highest BCUT2D eigenvalue weighted by atomic mass is 16.1. The van der Waals surface area contributed by atoms with Crippen molar-refractivity contribution in [3.63, 3.8) is 0 Å². The van der Waals surface area contributed by atoms with Crippen LogP contribution in [0.3, 0.4) is 0 Å². The first-order chi connectivity index (χ1) is 4.99. The molecule has 1 heterocycles. The summed E-state index contributed by atoms with van der Waals surface area (Å²) in [6, 6.07) is 0.175. The minimum Gasteiger partial charge on any atom is -0.307 e. The molecule has 1 aliphatic heterocycles. The van der Waals surface area contributed by atoms with Gasteiger partial charge in [-0.1, -0.05) is 20.8 Å². The van der Waals surface area contributed by atoms with Crippen LogP contribution >= 0.6 is 0 Å². The average Bonchev–Trinajstić information content (AvgIpc) is 1.50. The van der Waals surface area contributed by atoms with Gasteiger partial charge in [0.2, 0.25) is 0 Å². The number of hydrogen-bond donors (Lipinski definition) is 1. The van der Waals surface area contributed by atoms with Gasteiger partial charge < -0.3 is 5.32 Å². The first-order valence-corrected chi connectivity index (χ1v) is 4.25. The lowest BCUT2D eigenvalue weighted by Gasteiger charge is -2.29. The maximum Gasteiger partial charge on any atom is 0.150 e. The molecule has 1 atom stereocenters. The van der Waals surface area contributed by atoms with Crippen LogP contribution < -0.4 is 5.32 Å². The van der Waals surface area contributed by atoms with Crippen molar-refractivity contribution in [3.05, 3.63) is 0 Å². The number of carbonyl (C=O) groups excluding carboxylic acids is 1. The highest BCUT2D eigenvalue weighted by Crippen LogP contribution is 2.21. The van der Waals surface area contributed by atoms with Crippen LogP contribution in [0.1, 0.15) is 33.6 Å². The van der Waals surface area contributed by atoms with Gasteiger partial charge in [-0.25, -0.2) is 0 Å². The molecule has 1 N–H and O–H groups in total. The third kappa shape index (κ3) is 2.62. The molecule has 64 valence electrons. The first kappa shape index (κ1) is 8.72. The van der Waals surface area contributed by atoms with E-state index in [2.05, 4.69) is 26.1 Å². The largest absolute Gasteiger partial charge is 0.307 e. The van der Waals surface area contributed by atoms with Gasteiger partial charge in [0.1, 0.15) is 5.78 Å². The molecule has 1 unspecified atom stereocenters. The topological polar surface area (TPSA) is 29.1 Å². The molecular weight excluding hydrogens is 138 g/mol. The van der Waals surface area contributed by atoms with E-state index < -0.39 is 0 Å². The fourth-order valence-electron chi connectivity index (χ4n) is 1.21. The molecule has 2 heteroatoms. The summed E-state index contributed by atoms with van der Waals surface area (Å²) in [6.45, 7) is 7.32. The SMILES string of the molecule is CC(C)(C)CC(=O)C1CCN1. The zero-order valence-electron chi connectivity index (χ0n) is 7.61. The Morgan fingerprint density at radius 2 is 2.09 bits per heavy atom. The van der Waals surface area contributed by atoms with Gasteiger partial charge in [-0.3, -0.25) is 4.79 Å². The van der Waals surface area contributed by atoms with Crippen LogP contribution in [0.15, 0.2) is 0 Å². The second-order valence-corrected chi connectivity index (χ2v) is 4.50. The molecule has 1 fully saturated rings. The lowest BCUT2D eigenvalue weighted by molar-refractivity contribution is -0.124. The zero-order valence-corrected chi connectivity index (χ0v) is 7.61. The summed E-state index contributed by atoms with van der Waals surface area (Å²) in [7, 11) is 0. The highest BCUT2D eigenvalue weighted by Gasteiger charge is 2.27. The molecular formula is C9H17NO. The van der Waals surface area contributed by atoms with Crippen LogP contribution in [0.4, 0.5) is 0 Å². The monoisotopic (exact) mass is 155 g/mol. The van der Waals surface area contributed by atoms with Crippen LogP contribution in [-0.2, 0) is 4.79 Å². The Labute approximate surface area is 68.4 Å². The van der Waals surface area contributed by atoms with E-state index in [4.69, 9.17) is 0 Å². The van der Waals surface area contributed by atoms with E-state index in [-0.39, 0.29) is 11.5 Å². The predicted octanol–water partition coefficient (Wildman–Crippen LogP) is 1.35. The number of carbonyl (C=O) groups is 1. The Balaban J connectivity index is 2.31.